The van der Waals surface area contributed by atoms with Gasteiger partial charge in [0.2, 0.25) is 10.0 Å². The van der Waals surface area contributed by atoms with E-state index in [9.17, 15) is 8.42 Å². The molecule has 0 saturated carbocycles. The van der Waals surface area contributed by atoms with Gasteiger partial charge in [-0.2, -0.15) is 4.31 Å². The fraction of sp³-hybridized carbons (Fsp3) is 0.429. The summed E-state index contributed by atoms with van der Waals surface area (Å²) < 4.78 is 24.7. The van der Waals surface area contributed by atoms with Crippen LogP contribution in [-0.4, -0.2) is 26.3 Å². The maximum atomic E-state index is 11.7. The molecular formula is C7H10N2O2S2. The van der Waals surface area contributed by atoms with Crippen LogP contribution in [0.15, 0.2) is 16.3 Å². The zero-order valence-corrected chi connectivity index (χ0v) is 8.73. The third-order valence-electron chi connectivity index (χ3n) is 2.14. The monoisotopic (exact) mass is 218 g/mol. The minimum atomic E-state index is -3.25. The van der Waals surface area contributed by atoms with Gasteiger partial charge in [-0.3, -0.25) is 0 Å². The van der Waals surface area contributed by atoms with Crippen LogP contribution in [0.2, 0.25) is 0 Å². The Hall–Kier alpha value is -0.430. The summed E-state index contributed by atoms with van der Waals surface area (Å²) in [5.74, 6) is 0. The molecule has 2 heterocycles. The van der Waals surface area contributed by atoms with Crippen molar-refractivity contribution in [2.75, 3.05) is 13.6 Å². The first kappa shape index (κ1) is 9.14. The molecule has 72 valence electrons. The summed E-state index contributed by atoms with van der Waals surface area (Å²) in [5, 5.41) is 1.77. The summed E-state index contributed by atoms with van der Waals surface area (Å²) in [5.41, 5.74) is 5.81. The molecule has 0 unspecified atom stereocenters. The summed E-state index contributed by atoms with van der Waals surface area (Å²) in [6.07, 6.45) is 0. The van der Waals surface area contributed by atoms with Gasteiger partial charge in [-0.05, 0) is 11.4 Å². The average molecular weight is 218 g/mol. The van der Waals surface area contributed by atoms with E-state index in [1.54, 1.807) is 18.5 Å². The van der Waals surface area contributed by atoms with Gasteiger partial charge in [-0.15, -0.1) is 11.3 Å². The fourth-order valence-corrected chi connectivity index (χ4v) is 4.09. The van der Waals surface area contributed by atoms with E-state index in [2.05, 4.69) is 0 Å². The second-order valence-electron chi connectivity index (χ2n) is 3.04. The molecule has 0 radical (unpaired) electrons. The van der Waals surface area contributed by atoms with Gasteiger partial charge in [0.1, 0.15) is 0 Å². The van der Waals surface area contributed by atoms with Crippen molar-refractivity contribution in [1.82, 2.24) is 4.31 Å². The normalized spacial score (nSPS) is 27.1. The highest BCUT2D eigenvalue weighted by molar-refractivity contribution is 7.89. The number of nitrogens with two attached hydrogens (primary N) is 1. The van der Waals surface area contributed by atoms with Crippen molar-refractivity contribution in [2.24, 2.45) is 5.73 Å². The first-order chi connectivity index (χ1) is 6.03. The molecule has 0 spiro atoms. The molecule has 0 aliphatic carbocycles. The van der Waals surface area contributed by atoms with E-state index in [4.69, 9.17) is 5.73 Å². The summed E-state index contributed by atoms with van der Waals surface area (Å²) >= 11 is 1.41. The Labute approximate surface area is 81.0 Å². The van der Waals surface area contributed by atoms with E-state index in [0.717, 1.165) is 4.88 Å². The lowest BCUT2D eigenvalue weighted by Gasteiger charge is -2.26. The molecule has 2 N–H and O–H groups in total. The molecule has 1 atom stereocenters. The van der Waals surface area contributed by atoms with E-state index in [0.29, 0.717) is 11.4 Å². The first-order valence-corrected chi connectivity index (χ1v) is 6.15. The predicted molar refractivity (Wildman–Crippen MR) is 51.1 cm³/mol. The second kappa shape index (κ2) is 2.78. The number of fused-ring (bicyclic) bond motifs is 1. The van der Waals surface area contributed by atoms with Crippen molar-refractivity contribution < 1.29 is 8.42 Å². The molecular weight excluding hydrogens is 208 g/mol. The van der Waals surface area contributed by atoms with Gasteiger partial charge < -0.3 is 5.73 Å². The average Bonchev–Trinajstić information content (AvgIpc) is 2.49. The van der Waals surface area contributed by atoms with Crippen LogP contribution in [0.25, 0.3) is 0 Å². The Morgan fingerprint density at radius 1 is 1.69 bits per heavy atom. The number of nitrogens with zero attached hydrogens (tertiary/aromatic N) is 1. The zero-order valence-electron chi connectivity index (χ0n) is 7.10. The van der Waals surface area contributed by atoms with Crippen LogP contribution >= 0.6 is 11.3 Å². The molecule has 6 heteroatoms. The molecule has 0 bridgehead atoms. The SMILES string of the molecule is CN1C[C@H](N)c2sccc2S1(=O)=O. The van der Waals surface area contributed by atoms with Crippen molar-refractivity contribution in [2.45, 2.75) is 10.9 Å². The Kier molecular flexibility index (Phi) is 1.95. The Morgan fingerprint density at radius 2 is 2.38 bits per heavy atom. The third-order valence-corrected chi connectivity index (χ3v) is 5.20. The Bertz CT molecular complexity index is 423. The number of rotatable bonds is 0. The lowest BCUT2D eigenvalue weighted by Crippen LogP contribution is -2.38. The molecule has 0 saturated heterocycles. The van der Waals surface area contributed by atoms with Crippen LogP contribution in [0, 0.1) is 0 Å². The molecule has 2 rings (SSSR count). The number of likely N-dealkylation sites (N-methyl/N-ethyl adjacent to an activating group) is 1. The van der Waals surface area contributed by atoms with Crippen molar-refractivity contribution in [1.29, 1.82) is 0 Å². The Balaban J connectivity index is 2.66. The lowest BCUT2D eigenvalue weighted by atomic mass is 10.2. The van der Waals surface area contributed by atoms with Crippen LogP contribution in [0.3, 0.4) is 0 Å². The Morgan fingerprint density at radius 3 is 3.08 bits per heavy atom. The van der Waals surface area contributed by atoms with Gasteiger partial charge in [0.15, 0.2) is 0 Å². The standard InChI is InChI=1S/C7H10N2O2S2/c1-9-4-5(8)7-6(2-3-12-7)13(9,10)11/h2-3,5H,4,8H2,1H3/t5-/m0/s1. The minimum absolute atomic E-state index is 0.177. The van der Waals surface area contributed by atoms with Gasteiger partial charge in [-0.25, -0.2) is 8.42 Å². The van der Waals surface area contributed by atoms with Gasteiger partial charge in [0.25, 0.3) is 0 Å². The topological polar surface area (TPSA) is 63.4 Å². The predicted octanol–water partition coefficient (Wildman–Crippen LogP) is 0.382. The van der Waals surface area contributed by atoms with E-state index < -0.39 is 10.0 Å². The van der Waals surface area contributed by atoms with Gasteiger partial charge >= 0.3 is 0 Å². The molecule has 1 aromatic rings. The van der Waals surface area contributed by atoms with E-state index in [1.165, 1.54) is 15.6 Å². The third kappa shape index (κ3) is 1.21. The fourth-order valence-electron chi connectivity index (χ4n) is 1.42. The smallest absolute Gasteiger partial charge is 0.244 e. The van der Waals surface area contributed by atoms with Crippen molar-refractivity contribution in [3.8, 4) is 0 Å². The molecule has 1 aromatic heterocycles. The molecule has 4 nitrogen and oxygen atoms in total. The van der Waals surface area contributed by atoms with Crippen molar-refractivity contribution >= 4 is 21.4 Å². The van der Waals surface area contributed by atoms with Gasteiger partial charge in [0, 0.05) is 18.5 Å². The zero-order chi connectivity index (χ0) is 9.64. The molecule has 1 aliphatic rings. The highest BCUT2D eigenvalue weighted by Crippen LogP contribution is 2.33. The molecule has 0 fully saturated rings. The summed E-state index contributed by atoms with van der Waals surface area (Å²) in [4.78, 5) is 1.15. The molecule has 13 heavy (non-hydrogen) atoms. The molecule has 0 amide bonds. The molecule has 1 aliphatic heterocycles. The minimum Gasteiger partial charge on any atom is -0.322 e. The summed E-state index contributed by atoms with van der Waals surface area (Å²) in [7, 11) is -1.70. The van der Waals surface area contributed by atoms with E-state index >= 15 is 0 Å². The summed E-state index contributed by atoms with van der Waals surface area (Å²) in [6.45, 7) is 0.371. The summed E-state index contributed by atoms with van der Waals surface area (Å²) in [6, 6.07) is 1.44. The first-order valence-electron chi connectivity index (χ1n) is 3.83. The van der Waals surface area contributed by atoms with E-state index in [1.807, 2.05) is 0 Å². The van der Waals surface area contributed by atoms with Crippen LogP contribution in [-0.2, 0) is 10.0 Å². The van der Waals surface area contributed by atoms with Gasteiger partial charge in [0.05, 0.1) is 10.9 Å². The quantitative estimate of drug-likeness (QED) is 0.685. The van der Waals surface area contributed by atoms with E-state index in [-0.39, 0.29) is 6.04 Å². The highest BCUT2D eigenvalue weighted by atomic mass is 32.2. The number of hydrogen-bond acceptors (Lipinski definition) is 4. The van der Waals surface area contributed by atoms with Gasteiger partial charge in [-0.1, -0.05) is 0 Å². The maximum Gasteiger partial charge on any atom is 0.244 e. The number of sulfonamides is 1. The van der Waals surface area contributed by atoms with Crippen LogP contribution in [0.4, 0.5) is 0 Å². The number of thiophene rings is 1. The second-order valence-corrected chi connectivity index (χ2v) is 6.00. The van der Waals surface area contributed by atoms with Crippen LogP contribution < -0.4 is 5.73 Å². The maximum absolute atomic E-state index is 11.7. The molecule has 0 aromatic carbocycles. The van der Waals surface area contributed by atoms with Crippen molar-refractivity contribution in [3.05, 3.63) is 16.3 Å². The largest absolute Gasteiger partial charge is 0.322 e. The highest BCUT2D eigenvalue weighted by Gasteiger charge is 2.33. The number of hydrogen-bond donors (Lipinski definition) is 1. The van der Waals surface area contributed by atoms with Crippen LogP contribution in [0.5, 0.6) is 0 Å². The van der Waals surface area contributed by atoms with Crippen LogP contribution in [0.1, 0.15) is 10.9 Å². The van der Waals surface area contributed by atoms with Crippen molar-refractivity contribution in [3.63, 3.8) is 0 Å². The lowest BCUT2D eigenvalue weighted by molar-refractivity contribution is 0.424.